The number of terminal acetylenes is 1. The summed E-state index contributed by atoms with van der Waals surface area (Å²) in [7, 11) is 1.57. The lowest BCUT2D eigenvalue weighted by atomic mass is 10.3. The fourth-order valence-electron chi connectivity index (χ4n) is 1.02. The molecule has 0 saturated heterocycles. The molecule has 1 aromatic carbocycles. The maximum Gasteiger partial charge on any atom is 0.318 e. The number of hydrogen-bond acceptors (Lipinski definition) is 2. The second kappa shape index (κ2) is 5.55. The van der Waals surface area contributed by atoms with E-state index in [1.54, 1.807) is 19.2 Å². The Morgan fingerprint density at radius 1 is 1.33 bits per heavy atom. The van der Waals surface area contributed by atoms with Gasteiger partial charge in [0.1, 0.15) is 0 Å². The van der Waals surface area contributed by atoms with Gasteiger partial charge in [-0.1, -0.05) is 5.92 Å². The Kier molecular flexibility index (Phi) is 4.05. The highest BCUT2D eigenvalue weighted by Gasteiger charge is 1.97. The van der Waals surface area contributed by atoms with E-state index >= 15 is 0 Å². The van der Waals surface area contributed by atoms with Crippen LogP contribution in [-0.2, 0) is 0 Å². The molecule has 3 N–H and O–H groups in total. The summed E-state index contributed by atoms with van der Waals surface area (Å²) >= 11 is 0. The number of anilines is 2. The van der Waals surface area contributed by atoms with E-state index in [1.807, 2.05) is 12.1 Å². The van der Waals surface area contributed by atoms with Gasteiger partial charge in [-0.2, -0.15) is 0 Å². The van der Waals surface area contributed by atoms with Crippen molar-refractivity contribution < 1.29 is 4.79 Å². The van der Waals surface area contributed by atoms with E-state index in [1.165, 1.54) is 0 Å². The normalized spacial score (nSPS) is 8.80. The van der Waals surface area contributed by atoms with E-state index in [0.717, 1.165) is 11.4 Å². The van der Waals surface area contributed by atoms with Gasteiger partial charge in [0.25, 0.3) is 0 Å². The maximum absolute atomic E-state index is 11.0. The molecule has 4 heteroatoms. The maximum atomic E-state index is 11.0. The predicted octanol–water partition coefficient (Wildman–Crippen LogP) is 1.48. The van der Waals surface area contributed by atoms with E-state index in [0.29, 0.717) is 6.54 Å². The second-order valence-corrected chi connectivity index (χ2v) is 2.84. The molecule has 0 unspecified atom stereocenters. The first-order chi connectivity index (χ1) is 7.26. The molecule has 0 atom stereocenters. The molecular formula is C11H13N3O. The summed E-state index contributed by atoms with van der Waals surface area (Å²) in [5.41, 5.74) is 1.66. The molecule has 0 bridgehead atoms. The molecule has 15 heavy (non-hydrogen) atoms. The van der Waals surface area contributed by atoms with Crippen LogP contribution in [0.5, 0.6) is 0 Å². The van der Waals surface area contributed by atoms with Crippen molar-refractivity contribution in [1.82, 2.24) is 5.32 Å². The molecule has 1 aromatic rings. The second-order valence-electron chi connectivity index (χ2n) is 2.84. The van der Waals surface area contributed by atoms with Gasteiger partial charge in [0.2, 0.25) is 0 Å². The third-order valence-corrected chi connectivity index (χ3v) is 1.76. The van der Waals surface area contributed by atoms with E-state index < -0.39 is 0 Å². The van der Waals surface area contributed by atoms with Crippen LogP contribution in [0.4, 0.5) is 16.2 Å². The molecule has 0 fully saturated rings. The highest BCUT2D eigenvalue weighted by molar-refractivity contribution is 5.89. The largest absolute Gasteiger partial charge is 0.374 e. The molecule has 1 rings (SSSR count). The van der Waals surface area contributed by atoms with Crippen LogP contribution < -0.4 is 16.0 Å². The molecule has 0 aliphatic heterocycles. The van der Waals surface area contributed by atoms with Gasteiger partial charge in [-0.15, -0.1) is 6.42 Å². The Morgan fingerprint density at radius 2 is 1.93 bits per heavy atom. The van der Waals surface area contributed by atoms with Gasteiger partial charge in [-0.05, 0) is 24.3 Å². The lowest BCUT2D eigenvalue weighted by molar-refractivity contribution is 0.254. The van der Waals surface area contributed by atoms with Gasteiger partial charge in [0.05, 0.1) is 6.54 Å². The quantitative estimate of drug-likeness (QED) is 0.652. The first-order valence-corrected chi connectivity index (χ1v) is 4.52. The van der Waals surface area contributed by atoms with Crippen LogP contribution in [0.1, 0.15) is 0 Å². The number of amides is 2. The monoisotopic (exact) mass is 203 g/mol. The van der Waals surface area contributed by atoms with Gasteiger partial charge >= 0.3 is 6.03 Å². The number of urea groups is 1. The molecule has 0 aromatic heterocycles. The first kappa shape index (κ1) is 10.9. The van der Waals surface area contributed by atoms with Crippen molar-refractivity contribution in [2.24, 2.45) is 0 Å². The lowest BCUT2D eigenvalue weighted by Gasteiger charge is -2.06. The zero-order chi connectivity index (χ0) is 11.1. The summed E-state index contributed by atoms with van der Waals surface area (Å²) in [6.07, 6.45) is 5.11. The third-order valence-electron chi connectivity index (χ3n) is 1.76. The Morgan fingerprint density at radius 3 is 2.47 bits per heavy atom. The Labute approximate surface area is 89.1 Å². The van der Waals surface area contributed by atoms with Crippen molar-refractivity contribution in [1.29, 1.82) is 0 Å². The molecule has 2 amide bonds. The standard InChI is InChI=1S/C11H13N3O/c1-3-8-13-9-4-6-10(7-5-9)14-11(15)12-2/h1,4-7,13H,8H2,2H3,(H2,12,14,15). The smallest absolute Gasteiger partial charge is 0.318 e. The van der Waals surface area contributed by atoms with Crippen LogP contribution in [0.3, 0.4) is 0 Å². The van der Waals surface area contributed by atoms with Crippen molar-refractivity contribution in [3.8, 4) is 12.3 Å². The van der Waals surface area contributed by atoms with Gasteiger partial charge in [0.15, 0.2) is 0 Å². The molecule has 78 valence electrons. The minimum absolute atomic E-state index is 0.237. The van der Waals surface area contributed by atoms with Crippen molar-refractivity contribution >= 4 is 17.4 Å². The minimum atomic E-state index is -0.237. The Bertz CT molecular complexity index is 364. The highest BCUT2D eigenvalue weighted by atomic mass is 16.2. The average Bonchev–Trinajstić information content (AvgIpc) is 2.28. The molecule has 0 saturated carbocycles. The third kappa shape index (κ3) is 3.61. The number of carbonyl (C=O) groups excluding carboxylic acids is 1. The van der Waals surface area contributed by atoms with Crippen LogP contribution in [0.15, 0.2) is 24.3 Å². The molecule has 0 heterocycles. The number of hydrogen-bond donors (Lipinski definition) is 3. The number of nitrogens with one attached hydrogen (secondary N) is 3. The summed E-state index contributed by atoms with van der Waals surface area (Å²) < 4.78 is 0. The van der Waals surface area contributed by atoms with E-state index in [2.05, 4.69) is 21.9 Å². The summed E-state index contributed by atoms with van der Waals surface area (Å²) in [5, 5.41) is 8.15. The topological polar surface area (TPSA) is 53.2 Å². The Hall–Kier alpha value is -2.15. The zero-order valence-electron chi connectivity index (χ0n) is 8.50. The predicted molar refractivity (Wildman–Crippen MR) is 61.8 cm³/mol. The van der Waals surface area contributed by atoms with Crippen LogP contribution in [0, 0.1) is 12.3 Å². The minimum Gasteiger partial charge on any atom is -0.374 e. The summed E-state index contributed by atoms with van der Waals surface area (Å²) in [5.74, 6) is 2.48. The van der Waals surface area contributed by atoms with Crippen molar-refractivity contribution in [3.63, 3.8) is 0 Å². The fraction of sp³-hybridized carbons (Fsp3) is 0.182. The fourth-order valence-corrected chi connectivity index (χ4v) is 1.02. The average molecular weight is 203 g/mol. The van der Waals surface area contributed by atoms with Crippen molar-refractivity contribution in [2.45, 2.75) is 0 Å². The molecule has 0 spiro atoms. The van der Waals surface area contributed by atoms with E-state index in [9.17, 15) is 4.79 Å². The SMILES string of the molecule is C#CCNc1ccc(NC(=O)NC)cc1. The number of rotatable bonds is 3. The van der Waals surface area contributed by atoms with Crippen molar-refractivity contribution in [2.75, 3.05) is 24.2 Å². The van der Waals surface area contributed by atoms with E-state index in [4.69, 9.17) is 6.42 Å². The van der Waals surface area contributed by atoms with Gasteiger partial charge in [-0.25, -0.2) is 4.79 Å². The van der Waals surface area contributed by atoms with Crippen LogP contribution in [0.2, 0.25) is 0 Å². The van der Waals surface area contributed by atoms with Gasteiger partial charge < -0.3 is 16.0 Å². The molecular weight excluding hydrogens is 190 g/mol. The summed E-state index contributed by atoms with van der Waals surface area (Å²) in [4.78, 5) is 11.0. The van der Waals surface area contributed by atoms with E-state index in [-0.39, 0.29) is 6.03 Å². The zero-order valence-corrected chi connectivity index (χ0v) is 8.50. The number of carbonyl (C=O) groups is 1. The van der Waals surface area contributed by atoms with Gasteiger partial charge in [0, 0.05) is 18.4 Å². The highest BCUT2D eigenvalue weighted by Crippen LogP contribution is 2.12. The molecule has 0 aliphatic carbocycles. The molecule has 4 nitrogen and oxygen atoms in total. The molecule has 0 aliphatic rings. The van der Waals surface area contributed by atoms with Crippen molar-refractivity contribution in [3.05, 3.63) is 24.3 Å². The Balaban J connectivity index is 2.57. The van der Waals surface area contributed by atoms with Crippen LogP contribution in [0.25, 0.3) is 0 Å². The van der Waals surface area contributed by atoms with Crippen LogP contribution in [-0.4, -0.2) is 19.6 Å². The summed E-state index contributed by atoms with van der Waals surface area (Å²) in [6.45, 7) is 0.488. The summed E-state index contributed by atoms with van der Waals surface area (Å²) in [6, 6.07) is 7.06. The lowest BCUT2D eigenvalue weighted by Crippen LogP contribution is -2.24. The van der Waals surface area contributed by atoms with Gasteiger partial charge in [-0.3, -0.25) is 0 Å². The first-order valence-electron chi connectivity index (χ1n) is 4.52. The number of benzene rings is 1. The molecule has 0 radical (unpaired) electrons. The van der Waals surface area contributed by atoms with Crippen LogP contribution >= 0.6 is 0 Å².